The van der Waals surface area contributed by atoms with Gasteiger partial charge in [0.2, 0.25) is 17.8 Å². The van der Waals surface area contributed by atoms with E-state index in [4.69, 9.17) is 10.7 Å². The first-order valence-electron chi connectivity index (χ1n) is 11.4. The molecule has 4 heterocycles. The molecule has 10 heteroatoms. The number of anilines is 2. The SMILES string of the molecule is C=CC(=O)N1CCC[C@@H](n2c(NC(=O)c3ccc(-c4ccnc(N)n4)s3)nc3ccccc32)CC1. The van der Waals surface area contributed by atoms with Crippen LogP contribution < -0.4 is 11.1 Å². The number of thiophene rings is 1. The van der Waals surface area contributed by atoms with Crippen LogP contribution in [0.3, 0.4) is 0 Å². The molecule has 1 saturated heterocycles. The highest BCUT2D eigenvalue weighted by Crippen LogP contribution is 2.32. The molecule has 2 amide bonds. The quantitative estimate of drug-likeness (QED) is 0.409. The summed E-state index contributed by atoms with van der Waals surface area (Å²) in [6, 6.07) is 13.3. The Morgan fingerprint density at radius 1 is 1.11 bits per heavy atom. The summed E-state index contributed by atoms with van der Waals surface area (Å²) in [7, 11) is 0. The van der Waals surface area contributed by atoms with Gasteiger partial charge in [-0.2, -0.15) is 0 Å². The first-order valence-corrected chi connectivity index (χ1v) is 12.2. The number of rotatable bonds is 5. The molecule has 0 aliphatic carbocycles. The number of likely N-dealkylation sites (tertiary alicyclic amines) is 1. The van der Waals surface area contributed by atoms with E-state index in [1.165, 1.54) is 17.4 Å². The van der Waals surface area contributed by atoms with E-state index in [0.717, 1.165) is 35.2 Å². The second kappa shape index (κ2) is 9.67. The number of hydrogen-bond acceptors (Lipinski definition) is 7. The van der Waals surface area contributed by atoms with E-state index in [1.54, 1.807) is 18.3 Å². The summed E-state index contributed by atoms with van der Waals surface area (Å²) in [5.74, 6) is 0.406. The number of imidazole rings is 1. The normalized spacial score (nSPS) is 16.1. The van der Waals surface area contributed by atoms with Gasteiger partial charge in [-0.1, -0.05) is 18.7 Å². The Bertz CT molecular complexity index is 1410. The van der Waals surface area contributed by atoms with E-state index in [1.807, 2.05) is 35.2 Å². The van der Waals surface area contributed by atoms with Crippen molar-refractivity contribution in [2.75, 3.05) is 24.1 Å². The Morgan fingerprint density at radius 3 is 2.80 bits per heavy atom. The number of hydrogen-bond donors (Lipinski definition) is 2. The summed E-state index contributed by atoms with van der Waals surface area (Å²) in [6.45, 7) is 4.94. The Labute approximate surface area is 206 Å². The number of amides is 2. The second-order valence-electron chi connectivity index (χ2n) is 8.33. The van der Waals surface area contributed by atoms with E-state index < -0.39 is 0 Å². The number of nitrogens with one attached hydrogen (secondary N) is 1. The molecule has 0 spiro atoms. The Hall–Kier alpha value is -4.05. The summed E-state index contributed by atoms with van der Waals surface area (Å²) in [5, 5.41) is 3.02. The lowest BCUT2D eigenvalue weighted by atomic mass is 10.1. The first kappa shape index (κ1) is 22.7. The summed E-state index contributed by atoms with van der Waals surface area (Å²) in [6.07, 6.45) is 5.46. The lowest BCUT2D eigenvalue weighted by Gasteiger charge is -2.21. The van der Waals surface area contributed by atoms with Gasteiger partial charge in [0.05, 0.1) is 26.5 Å². The maximum atomic E-state index is 13.2. The predicted octanol–water partition coefficient (Wildman–Crippen LogP) is 4.13. The highest BCUT2D eigenvalue weighted by atomic mass is 32.1. The van der Waals surface area contributed by atoms with Crippen molar-refractivity contribution in [1.82, 2.24) is 24.4 Å². The molecule has 0 bridgehead atoms. The minimum absolute atomic E-state index is 0.0476. The number of para-hydroxylation sites is 2. The van der Waals surface area contributed by atoms with Gasteiger partial charge in [-0.25, -0.2) is 15.0 Å². The Balaban J connectivity index is 1.42. The lowest BCUT2D eigenvalue weighted by molar-refractivity contribution is -0.125. The number of carbonyl (C=O) groups is 2. The van der Waals surface area contributed by atoms with Crippen LogP contribution in [-0.4, -0.2) is 49.3 Å². The summed E-state index contributed by atoms with van der Waals surface area (Å²) >= 11 is 1.33. The maximum Gasteiger partial charge on any atom is 0.268 e. The molecule has 0 saturated carbocycles. The number of benzene rings is 1. The standard InChI is InChI=1S/C25H25N7O2S/c1-2-22(33)31-14-5-6-16(12-15-31)32-19-8-4-3-7-17(19)29-25(32)30-23(34)21-10-9-20(35-21)18-11-13-27-24(26)28-18/h2-4,7-11,13,16H,1,5-6,12,14-15H2,(H2,26,27,28)(H,29,30,34)/t16-/m1/s1. The van der Waals surface area contributed by atoms with Crippen LogP contribution in [0, 0.1) is 0 Å². The van der Waals surface area contributed by atoms with Crippen LogP contribution in [0.4, 0.5) is 11.9 Å². The molecular weight excluding hydrogens is 462 g/mol. The van der Waals surface area contributed by atoms with E-state index in [-0.39, 0.29) is 23.8 Å². The van der Waals surface area contributed by atoms with Crippen LogP contribution in [0.1, 0.15) is 35.0 Å². The summed E-state index contributed by atoms with van der Waals surface area (Å²) in [5.41, 5.74) is 8.14. The molecule has 3 N–H and O–H groups in total. The zero-order valence-corrected chi connectivity index (χ0v) is 19.9. The van der Waals surface area contributed by atoms with Crippen molar-refractivity contribution in [2.24, 2.45) is 0 Å². The van der Waals surface area contributed by atoms with E-state index >= 15 is 0 Å². The van der Waals surface area contributed by atoms with Crippen LogP contribution in [-0.2, 0) is 4.79 Å². The molecular formula is C25H25N7O2S. The largest absolute Gasteiger partial charge is 0.368 e. The Morgan fingerprint density at radius 2 is 1.97 bits per heavy atom. The van der Waals surface area contributed by atoms with Gasteiger partial charge in [0.15, 0.2) is 0 Å². The molecule has 178 valence electrons. The minimum Gasteiger partial charge on any atom is -0.368 e. The molecule has 0 unspecified atom stereocenters. The maximum absolute atomic E-state index is 13.2. The zero-order valence-electron chi connectivity index (χ0n) is 19.1. The summed E-state index contributed by atoms with van der Waals surface area (Å²) < 4.78 is 2.11. The van der Waals surface area contributed by atoms with E-state index in [9.17, 15) is 9.59 Å². The van der Waals surface area contributed by atoms with Crippen molar-refractivity contribution in [3.05, 3.63) is 66.2 Å². The fraction of sp³-hybridized carbons (Fsp3) is 0.240. The molecule has 9 nitrogen and oxygen atoms in total. The van der Waals surface area contributed by atoms with Gasteiger partial charge in [-0.3, -0.25) is 14.9 Å². The number of carbonyl (C=O) groups excluding carboxylic acids is 2. The van der Waals surface area contributed by atoms with Gasteiger partial charge in [0, 0.05) is 25.3 Å². The van der Waals surface area contributed by atoms with Crippen LogP contribution in [0.5, 0.6) is 0 Å². The molecule has 35 heavy (non-hydrogen) atoms. The topological polar surface area (TPSA) is 119 Å². The van der Waals surface area contributed by atoms with Crippen molar-refractivity contribution >= 4 is 46.1 Å². The third-order valence-electron chi connectivity index (χ3n) is 6.13. The van der Waals surface area contributed by atoms with E-state index in [0.29, 0.717) is 29.6 Å². The van der Waals surface area contributed by atoms with Crippen LogP contribution in [0.15, 0.2) is 61.3 Å². The van der Waals surface area contributed by atoms with Crippen molar-refractivity contribution in [2.45, 2.75) is 25.3 Å². The first-order chi connectivity index (χ1) is 17.0. The second-order valence-corrected chi connectivity index (χ2v) is 9.41. The molecule has 5 rings (SSSR count). The number of nitrogen functional groups attached to an aromatic ring is 1. The smallest absolute Gasteiger partial charge is 0.268 e. The molecule has 0 radical (unpaired) electrons. The van der Waals surface area contributed by atoms with Gasteiger partial charge in [0.1, 0.15) is 0 Å². The predicted molar refractivity (Wildman–Crippen MR) is 137 cm³/mol. The number of nitrogens with zero attached hydrogens (tertiary/aromatic N) is 5. The third-order valence-corrected chi connectivity index (χ3v) is 7.23. The fourth-order valence-electron chi connectivity index (χ4n) is 4.46. The Kier molecular flexibility index (Phi) is 6.28. The van der Waals surface area contributed by atoms with Crippen molar-refractivity contribution < 1.29 is 9.59 Å². The van der Waals surface area contributed by atoms with Gasteiger partial charge in [-0.15, -0.1) is 11.3 Å². The zero-order chi connectivity index (χ0) is 24.4. The van der Waals surface area contributed by atoms with Gasteiger partial charge in [-0.05, 0) is 55.7 Å². The highest BCUT2D eigenvalue weighted by Gasteiger charge is 2.25. The molecule has 1 fully saturated rings. The van der Waals surface area contributed by atoms with Crippen LogP contribution in [0.2, 0.25) is 0 Å². The molecule has 4 aromatic rings. The molecule has 1 aromatic carbocycles. The monoisotopic (exact) mass is 487 g/mol. The third kappa shape index (κ3) is 4.65. The average molecular weight is 488 g/mol. The molecule has 3 aromatic heterocycles. The van der Waals surface area contributed by atoms with Crippen LogP contribution >= 0.6 is 11.3 Å². The van der Waals surface area contributed by atoms with E-state index in [2.05, 4.69) is 26.4 Å². The number of aromatic nitrogens is 4. The number of nitrogens with two attached hydrogens (primary N) is 1. The van der Waals surface area contributed by atoms with Crippen molar-refractivity contribution in [3.8, 4) is 10.6 Å². The molecule has 1 aliphatic heterocycles. The average Bonchev–Trinajstić information content (AvgIpc) is 3.42. The highest BCUT2D eigenvalue weighted by molar-refractivity contribution is 7.17. The lowest BCUT2D eigenvalue weighted by Crippen LogP contribution is -2.30. The van der Waals surface area contributed by atoms with Crippen molar-refractivity contribution in [1.29, 1.82) is 0 Å². The van der Waals surface area contributed by atoms with Gasteiger partial charge < -0.3 is 15.2 Å². The van der Waals surface area contributed by atoms with Crippen molar-refractivity contribution in [3.63, 3.8) is 0 Å². The number of fused-ring (bicyclic) bond motifs is 1. The van der Waals surface area contributed by atoms with Gasteiger partial charge >= 0.3 is 0 Å². The van der Waals surface area contributed by atoms with Gasteiger partial charge in [0.25, 0.3) is 5.91 Å². The fourth-order valence-corrected chi connectivity index (χ4v) is 5.33. The molecule has 1 atom stereocenters. The minimum atomic E-state index is -0.239. The summed E-state index contributed by atoms with van der Waals surface area (Å²) in [4.78, 5) is 41.4. The molecule has 1 aliphatic rings. The van der Waals surface area contributed by atoms with Crippen LogP contribution in [0.25, 0.3) is 21.6 Å².